The SMILES string of the molecule is C=C(C(C)C)N1CCC(c2cn(C)c3ncc(CC(=O)c4cc(C#N)cc(OC)c4)c(C(F)(F)F)c23)CC1.C=C(C(C)C)N1CCC(c2cn(C)c3ncc(CC(=O)c4ccc(C)c(C#N)c4)c(C(F)(F)F)c23)CC1.C=C(C(C)C)N1CCC(c2cn(C)c3ncc(CC(=O)c4ccc(OC)c(C#N)c4)c(C(F)(F)F)c23)CC1.C=C(C(C)C)N1CCC(c2cn(C)c3ncc(CC(=O)c4cccc(C#N)c4)c(C(F)(F)F)c23)CC1. The topological polar surface area (TPSA) is 266 Å². The first-order chi connectivity index (χ1) is 70.3. The van der Waals surface area contributed by atoms with Gasteiger partial charge in [0.05, 0.1) is 76.9 Å². The molecule has 0 atom stereocenters. The quantitative estimate of drug-likeness (QED) is 0.0360. The zero-order chi connectivity index (χ0) is 109. The summed E-state index contributed by atoms with van der Waals surface area (Å²) < 4.78 is 192. The number of allylic oxidation sites excluding steroid dienone is 4. The van der Waals surface area contributed by atoms with Crippen LogP contribution in [0.15, 0.2) is 178 Å². The molecule has 12 aromatic rings. The molecule has 149 heavy (non-hydrogen) atoms. The van der Waals surface area contributed by atoms with Crippen molar-refractivity contribution < 1.29 is 81.3 Å². The number of ketones is 4. The van der Waals surface area contributed by atoms with Crippen molar-refractivity contribution in [3.05, 3.63) is 294 Å². The van der Waals surface area contributed by atoms with Crippen LogP contribution in [0.4, 0.5) is 52.7 Å². The fourth-order valence-corrected chi connectivity index (χ4v) is 20.8. The number of Topliss-reactive ketones (excluding diaryl/α,β-unsaturated/α-hetero) is 4. The third-order valence-corrected chi connectivity index (χ3v) is 29.2. The first-order valence-corrected chi connectivity index (χ1v) is 49.5. The standard InChI is InChI=1S/2C29H31F3N4O2.C29H31F3N4O.C28H29F3N4O/c1-17(2)18(3)36-8-6-20(7-9-36)24-16-35(4)28-26(24)27(29(30,31)32)22(15-34-28)13-25(37)21-10-19(14-33)11-23(12-21)38-5;1-17(2)18(3)36-10-8-19(9-11-36)23-16-35(4)28-26(23)27(29(30,31)32)22(15-34-28)13-24(37)20-6-7-25(38-5)21(12-20)14-33;1-17(2)19(4)36-10-8-20(9-11-36)24-16-35(5)28-26(24)27(29(30,31)32)23(15-34-28)13-25(37)21-7-6-18(3)22(12-21)14-33;1-17(2)18(3)35-10-8-20(9-11-35)23-16-34(4)27-25(23)26(28(29,30)31)22(15-33-27)13-24(36)21-7-5-6-19(12-21)14-32/h10-12,15-17,20H,3,6-9,13H2,1-2,4-5H3;6-7,12,15-17,19H,3,8-11,13H2,1-2,4-5H3;6-7,12,15-17,20H,4,8-11,13H2,1-3,5H3;5-7,12,15-17,20H,3,8-11,13H2,1-2,4H3. The van der Waals surface area contributed by atoms with Gasteiger partial charge in [-0.25, -0.2) is 19.9 Å². The molecule has 0 N–H and O–H groups in total. The van der Waals surface area contributed by atoms with Crippen LogP contribution in [-0.4, -0.2) is 148 Å². The Bertz CT molecular complexity index is 7330. The molecule has 12 heterocycles. The fourth-order valence-electron chi connectivity index (χ4n) is 20.8. The Balaban J connectivity index is 0.000000166. The van der Waals surface area contributed by atoms with E-state index < -0.39 is 95.8 Å². The molecule has 0 amide bonds. The lowest BCUT2D eigenvalue weighted by Crippen LogP contribution is -2.33. The van der Waals surface area contributed by atoms with Crippen molar-refractivity contribution in [2.45, 2.75) is 188 Å². The van der Waals surface area contributed by atoms with Crippen molar-refractivity contribution in [3.63, 3.8) is 0 Å². The highest BCUT2D eigenvalue weighted by Crippen LogP contribution is 2.50. The van der Waals surface area contributed by atoms with Gasteiger partial charge in [-0.15, -0.1) is 0 Å². The number of alkyl halides is 12. The zero-order valence-corrected chi connectivity index (χ0v) is 86.4. The number of hydrogen-bond acceptors (Lipinski definition) is 18. The number of nitriles is 4. The highest BCUT2D eigenvalue weighted by molar-refractivity contribution is 6.02. The summed E-state index contributed by atoms with van der Waals surface area (Å²) in [5.41, 5.74) is 6.08. The molecule has 22 nitrogen and oxygen atoms in total. The minimum atomic E-state index is -4.69. The predicted molar refractivity (Wildman–Crippen MR) is 548 cm³/mol. The van der Waals surface area contributed by atoms with Gasteiger partial charge in [0.2, 0.25) is 0 Å². The Morgan fingerprint density at radius 3 is 0.906 bits per heavy atom. The van der Waals surface area contributed by atoms with Gasteiger partial charge in [-0.3, -0.25) is 19.2 Å². The lowest BCUT2D eigenvalue weighted by molar-refractivity contribution is -0.137. The number of fused-ring (bicyclic) bond motifs is 4. The molecule has 0 spiro atoms. The molecule has 4 fully saturated rings. The van der Waals surface area contributed by atoms with Gasteiger partial charge in [0, 0.05) is 222 Å². The van der Waals surface area contributed by atoms with Crippen LogP contribution in [0.2, 0.25) is 0 Å². The fraction of sp³-hybridized carbons (Fsp3) is 0.409. The minimum Gasteiger partial charge on any atom is -0.497 e. The van der Waals surface area contributed by atoms with Gasteiger partial charge in [0.15, 0.2) is 23.1 Å². The lowest BCUT2D eigenvalue weighted by Gasteiger charge is -2.36. The number of carbonyl (C=O) groups excluding carboxylic acids is 4. The first-order valence-electron chi connectivity index (χ1n) is 49.5. The summed E-state index contributed by atoms with van der Waals surface area (Å²) in [7, 11) is 9.59. The van der Waals surface area contributed by atoms with Gasteiger partial charge < -0.3 is 47.3 Å². The molecule has 0 unspecified atom stereocenters. The molecule has 4 aromatic carbocycles. The molecule has 34 heteroatoms. The van der Waals surface area contributed by atoms with Gasteiger partial charge >= 0.3 is 24.7 Å². The van der Waals surface area contributed by atoms with Crippen molar-refractivity contribution in [1.29, 1.82) is 21.0 Å². The molecule has 0 radical (unpaired) electrons. The molecule has 0 bridgehead atoms. The van der Waals surface area contributed by atoms with Crippen LogP contribution in [0.5, 0.6) is 11.5 Å². The molecule has 16 rings (SSSR count). The number of pyridine rings is 4. The smallest absolute Gasteiger partial charge is 0.417 e. The van der Waals surface area contributed by atoms with Gasteiger partial charge in [-0.2, -0.15) is 73.7 Å². The van der Waals surface area contributed by atoms with E-state index in [2.05, 4.69) is 121 Å². The van der Waals surface area contributed by atoms with E-state index in [1.165, 1.54) is 75.0 Å². The predicted octanol–water partition coefficient (Wildman–Crippen LogP) is 25.3. The monoisotopic (exact) mass is 2050 g/mol. The Labute approximate surface area is 859 Å². The number of aromatic nitrogens is 8. The number of hydrogen-bond donors (Lipinski definition) is 0. The molecular formula is C115H122F12N16O6. The maximum atomic E-state index is 14.7. The lowest BCUT2D eigenvalue weighted by atomic mass is 9.86. The van der Waals surface area contributed by atoms with Crippen LogP contribution in [0, 0.1) is 75.9 Å². The number of nitrogens with zero attached hydrogens (tertiary/aromatic N) is 16. The van der Waals surface area contributed by atoms with Crippen LogP contribution >= 0.6 is 0 Å². The molecule has 8 aromatic heterocycles. The number of ether oxygens (including phenoxy) is 2. The Hall–Kier alpha value is -14.8. The van der Waals surface area contributed by atoms with E-state index in [0.29, 0.717) is 114 Å². The molecule has 4 saturated heterocycles. The molecular weight excluding hydrogens is 1930 g/mol. The van der Waals surface area contributed by atoms with Crippen LogP contribution in [-0.2, 0) is 78.6 Å². The van der Waals surface area contributed by atoms with E-state index in [1.807, 2.05) is 24.3 Å². The van der Waals surface area contributed by atoms with E-state index in [4.69, 9.17) is 14.7 Å². The van der Waals surface area contributed by atoms with Crippen molar-refractivity contribution in [2.24, 2.45) is 51.9 Å². The zero-order valence-electron chi connectivity index (χ0n) is 86.4. The van der Waals surface area contributed by atoms with Gasteiger partial charge in [-0.05, 0) is 210 Å². The largest absolute Gasteiger partial charge is 0.497 e. The van der Waals surface area contributed by atoms with Crippen LogP contribution in [0.25, 0.3) is 44.1 Å². The Morgan fingerprint density at radius 1 is 0.362 bits per heavy atom. The molecule has 0 aliphatic carbocycles. The van der Waals surface area contributed by atoms with E-state index >= 15 is 0 Å². The Kier molecular flexibility index (Phi) is 34.3. The van der Waals surface area contributed by atoms with Crippen molar-refractivity contribution in [1.82, 2.24) is 57.8 Å². The number of benzene rings is 4. The molecule has 782 valence electrons. The summed E-state index contributed by atoms with van der Waals surface area (Å²) in [5, 5.41) is 37.3. The number of methoxy groups -OCH3 is 2. The average molecular weight is 2050 g/mol. The number of halogens is 12. The summed E-state index contributed by atoms with van der Waals surface area (Å²) in [4.78, 5) is 78.5. The summed E-state index contributed by atoms with van der Waals surface area (Å²) in [6.07, 6.45) is -3.29. The average Bonchev–Trinajstić information content (AvgIpc) is 1.58. The van der Waals surface area contributed by atoms with Crippen LogP contribution < -0.4 is 9.47 Å². The maximum absolute atomic E-state index is 14.7. The molecule has 4 aliphatic rings. The number of carbonyl (C=O) groups is 4. The second-order valence-corrected chi connectivity index (χ2v) is 40.2. The highest BCUT2D eigenvalue weighted by atomic mass is 19.4. The van der Waals surface area contributed by atoms with Gasteiger partial charge in [0.1, 0.15) is 40.2 Å². The summed E-state index contributed by atoms with van der Waals surface area (Å²) in [6, 6.07) is 27.0. The second kappa shape index (κ2) is 45.9. The summed E-state index contributed by atoms with van der Waals surface area (Å²) >= 11 is 0. The van der Waals surface area contributed by atoms with Crippen molar-refractivity contribution >= 4 is 67.3 Å². The minimum absolute atomic E-state index is 0.0499. The third-order valence-electron chi connectivity index (χ3n) is 29.2. The number of aryl methyl sites for hydroxylation is 5. The molecule has 0 saturated carbocycles. The normalized spacial score (nSPS) is 14.8. The van der Waals surface area contributed by atoms with E-state index in [1.54, 1.807) is 102 Å². The van der Waals surface area contributed by atoms with Crippen LogP contribution in [0.3, 0.4) is 0 Å². The number of likely N-dealkylation sites (tertiary alicyclic amines) is 4. The summed E-state index contributed by atoms with van der Waals surface area (Å²) in [6.45, 7) is 40.9. The van der Waals surface area contributed by atoms with Crippen molar-refractivity contribution in [2.75, 3.05) is 66.6 Å². The maximum Gasteiger partial charge on any atom is 0.417 e. The van der Waals surface area contributed by atoms with Crippen molar-refractivity contribution in [3.8, 4) is 35.8 Å². The summed E-state index contributed by atoms with van der Waals surface area (Å²) in [5.74, 6) is -0.481. The first kappa shape index (κ1) is 111. The van der Waals surface area contributed by atoms with E-state index in [-0.39, 0.29) is 135 Å². The van der Waals surface area contributed by atoms with Crippen LogP contribution in [0.1, 0.15) is 266 Å². The van der Waals surface area contributed by atoms with Gasteiger partial charge in [-0.1, -0.05) is 106 Å². The van der Waals surface area contributed by atoms with E-state index in [0.717, 1.165) is 93.7 Å². The third kappa shape index (κ3) is 24.6. The van der Waals surface area contributed by atoms with E-state index in [9.17, 15) is 87.6 Å². The Morgan fingerprint density at radius 2 is 0.638 bits per heavy atom. The van der Waals surface area contributed by atoms with Gasteiger partial charge in [0.25, 0.3) is 0 Å². The molecule has 4 aliphatic heterocycles. The highest BCUT2D eigenvalue weighted by Gasteiger charge is 2.45. The number of piperidine rings is 4. The number of rotatable bonds is 26. The second-order valence-electron chi connectivity index (χ2n) is 40.2.